The van der Waals surface area contributed by atoms with E-state index in [9.17, 15) is 8.78 Å². The monoisotopic (exact) mass is 176 g/mol. The topological polar surface area (TPSA) is 38.0 Å². The summed E-state index contributed by atoms with van der Waals surface area (Å²) in [4.78, 5) is 0. The van der Waals surface area contributed by atoms with Gasteiger partial charge in [0.15, 0.2) is 0 Å². The Labute approximate surface area is 70.5 Å². The van der Waals surface area contributed by atoms with Crippen LogP contribution in [0.1, 0.15) is 12.8 Å². The fraction of sp³-hybridized carbons (Fsp3) is 1.00. The minimum atomic E-state index is -2.46. The molecule has 2 nitrogen and oxygen atoms in total. The highest BCUT2D eigenvalue weighted by Crippen LogP contribution is 2.40. The van der Waals surface area contributed by atoms with Crippen molar-refractivity contribution in [1.29, 1.82) is 0 Å². The molecule has 1 aliphatic carbocycles. The lowest BCUT2D eigenvalue weighted by molar-refractivity contribution is -0.0872. The molecule has 1 saturated carbocycles. The number of nitrogens with one attached hydrogen (secondary N) is 1. The van der Waals surface area contributed by atoms with Gasteiger partial charge in [-0.3, -0.25) is 0 Å². The number of rotatable bonds is 0. The second-order valence-electron chi connectivity index (χ2n) is 4.02. The zero-order valence-electron chi connectivity index (χ0n) is 6.89. The number of alkyl halides is 2. The van der Waals surface area contributed by atoms with Crippen molar-refractivity contribution in [3.8, 4) is 0 Å². The van der Waals surface area contributed by atoms with Crippen LogP contribution in [0.4, 0.5) is 8.78 Å². The molecule has 2 unspecified atom stereocenters. The molecule has 0 aromatic carbocycles. The third-order valence-electron chi connectivity index (χ3n) is 3.02. The Morgan fingerprint density at radius 3 is 2.17 bits per heavy atom. The summed E-state index contributed by atoms with van der Waals surface area (Å²) < 4.78 is 26.0. The van der Waals surface area contributed by atoms with Gasteiger partial charge in [0.1, 0.15) is 0 Å². The predicted octanol–water partition coefficient (Wildman–Crippen LogP) is 0.578. The van der Waals surface area contributed by atoms with Gasteiger partial charge in [0.2, 0.25) is 5.92 Å². The van der Waals surface area contributed by atoms with E-state index in [0.717, 1.165) is 0 Å². The number of hydrogen-bond donors (Lipinski definition) is 2. The van der Waals surface area contributed by atoms with Crippen molar-refractivity contribution >= 4 is 0 Å². The fourth-order valence-corrected chi connectivity index (χ4v) is 2.38. The van der Waals surface area contributed by atoms with Crippen molar-refractivity contribution < 1.29 is 8.78 Å². The Morgan fingerprint density at radius 2 is 1.67 bits per heavy atom. The highest BCUT2D eigenvalue weighted by molar-refractivity contribution is 4.97. The van der Waals surface area contributed by atoms with Gasteiger partial charge in [-0.1, -0.05) is 0 Å². The molecule has 4 heteroatoms. The van der Waals surface area contributed by atoms with Crippen LogP contribution in [0.25, 0.3) is 0 Å². The fourth-order valence-electron chi connectivity index (χ4n) is 2.38. The Morgan fingerprint density at radius 1 is 1.17 bits per heavy atom. The molecule has 70 valence electrons. The molecular weight excluding hydrogens is 162 g/mol. The van der Waals surface area contributed by atoms with E-state index < -0.39 is 5.92 Å². The van der Waals surface area contributed by atoms with E-state index in [1.54, 1.807) is 0 Å². The highest BCUT2D eigenvalue weighted by atomic mass is 19.3. The molecule has 0 radical (unpaired) electrons. The molecule has 2 fully saturated rings. The molecule has 12 heavy (non-hydrogen) atoms. The van der Waals surface area contributed by atoms with Crippen molar-refractivity contribution in [2.75, 3.05) is 13.1 Å². The van der Waals surface area contributed by atoms with Gasteiger partial charge in [0.05, 0.1) is 0 Å². The van der Waals surface area contributed by atoms with Crippen LogP contribution in [-0.4, -0.2) is 25.1 Å². The number of hydrogen-bond acceptors (Lipinski definition) is 2. The van der Waals surface area contributed by atoms with Crippen LogP contribution in [0.3, 0.4) is 0 Å². The summed E-state index contributed by atoms with van der Waals surface area (Å²) >= 11 is 0. The average Bonchev–Trinajstić information content (AvgIpc) is 1.92. The predicted molar refractivity (Wildman–Crippen MR) is 42.0 cm³/mol. The van der Waals surface area contributed by atoms with Crippen LogP contribution >= 0.6 is 0 Å². The van der Waals surface area contributed by atoms with Gasteiger partial charge in [-0.05, 0) is 24.9 Å². The van der Waals surface area contributed by atoms with E-state index in [1.165, 1.54) is 0 Å². The van der Waals surface area contributed by atoms with Gasteiger partial charge in [0.25, 0.3) is 0 Å². The van der Waals surface area contributed by atoms with E-state index in [0.29, 0.717) is 13.1 Å². The van der Waals surface area contributed by atoms with Gasteiger partial charge < -0.3 is 11.1 Å². The maximum Gasteiger partial charge on any atom is 0.248 e. The quantitative estimate of drug-likeness (QED) is 0.566. The molecule has 2 atom stereocenters. The van der Waals surface area contributed by atoms with Crippen LogP contribution in [0, 0.1) is 11.8 Å². The summed E-state index contributed by atoms with van der Waals surface area (Å²) in [6, 6.07) is -0.00845. The largest absolute Gasteiger partial charge is 0.327 e. The SMILES string of the molecule is NC1C2CNCC1CC(F)(F)C2. The summed E-state index contributed by atoms with van der Waals surface area (Å²) in [6.45, 7) is 1.32. The molecule has 0 spiro atoms. The Kier molecular flexibility index (Phi) is 1.84. The van der Waals surface area contributed by atoms with Crippen molar-refractivity contribution in [3.63, 3.8) is 0 Å². The first-order valence-electron chi connectivity index (χ1n) is 4.43. The lowest BCUT2D eigenvalue weighted by Gasteiger charge is -2.44. The number of piperidine rings is 1. The smallest absolute Gasteiger partial charge is 0.248 e. The van der Waals surface area contributed by atoms with E-state index in [1.807, 2.05) is 0 Å². The summed E-state index contributed by atoms with van der Waals surface area (Å²) in [5, 5.41) is 3.14. The molecule has 0 aromatic heterocycles. The van der Waals surface area contributed by atoms with Crippen molar-refractivity contribution in [2.24, 2.45) is 17.6 Å². The molecule has 2 aliphatic rings. The molecule has 2 bridgehead atoms. The van der Waals surface area contributed by atoms with Crippen LogP contribution in [0.15, 0.2) is 0 Å². The van der Waals surface area contributed by atoms with Crippen LogP contribution in [0.2, 0.25) is 0 Å². The maximum absolute atomic E-state index is 13.0. The molecule has 1 aliphatic heterocycles. The first-order valence-corrected chi connectivity index (χ1v) is 4.43. The average molecular weight is 176 g/mol. The zero-order valence-corrected chi connectivity index (χ0v) is 6.89. The third kappa shape index (κ3) is 1.33. The molecule has 0 amide bonds. The van der Waals surface area contributed by atoms with E-state index >= 15 is 0 Å². The Hall–Kier alpha value is -0.220. The standard InChI is InChI=1S/C8H14F2N2/c9-8(10)1-5-3-12-4-6(2-8)7(5)11/h5-7,12H,1-4,11H2. The number of nitrogens with two attached hydrogens (primary N) is 1. The molecule has 3 N–H and O–H groups in total. The molecule has 0 aromatic rings. The van der Waals surface area contributed by atoms with Gasteiger partial charge in [-0.15, -0.1) is 0 Å². The normalized spacial score (nSPS) is 45.8. The van der Waals surface area contributed by atoms with Crippen molar-refractivity contribution in [1.82, 2.24) is 5.32 Å². The molecular formula is C8H14F2N2. The van der Waals surface area contributed by atoms with Gasteiger partial charge >= 0.3 is 0 Å². The second-order valence-corrected chi connectivity index (χ2v) is 4.02. The summed E-state index contributed by atoms with van der Waals surface area (Å²) in [5.41, 5.74) is 5.83. The van der Waals surface area contributed by atoms with Crippen LogP contribution in [-0.2, 0) is 0 Å². The zero-order chi connectivity index (χ0) is 8.77. The minimum absolute atomic E-state index is 0.00845. The van der Waals surface area contributed by atoms with E-state index in [2.05, 4.69) is 5.32 Å². The second kappa shape index (κ2) is 2.64. The summed E-state index contributed by atoms with van der Waals surface area (Å²) in [7, 11) is 0. The Balaban J connectivity index is 2.12. The van der Waals surface area contributed by atoms with Gasteiger partial charge in [-0.2, -0.15) is 0 Å². The lowest BCUT2D eigenvalue weighted by atomic mass is 9.73. The third-order valence-corrected chi connectivity index (χ3v) is 3.02. The minimum Gasteiger partial charge on any atom is -0.327 e. The van der Waals surface area contributed by atoms with Gasteiger partial charge in [0, 0.05) is 18.9 Å². The Bertz CT molecular complexity index is 168. The molecule has 1 saturated heterocycles. The molecule has 2 rings (SSSR count). The van der Waals surface area contributed by atoms with Crippen molar-refractivity contribution in [3.05, 3.63) is 0 Å². The van der Waals surface area contributed by atoms with E-state index in [4.69, 9.17) is 5.73 Å². The van der Waals surface area contributed by atoms with Gasteiger partial charge in [-0.25, -0.2) is 8.78 Å². The molecule has 1 heterocycles. The summed E-state index contributed by atoms with van der Waals surface area (Å²) in [5.74, 6) is -2.51. The van der Waals surface area contributed by atoms with Crippen LogP contribution in [0.5, 0.6) is 0 Å². The van der Waals surface area contributed by atoms with Crippen molar-refractivity contribution in [2.45, 2.75) is 24.8 Å². The van der Waals surface area contributed by atoms with Crippen LogP contribution < -0.4 is 11.1 Å². The lowest BCUT2D eigenvalue weighted by Crippen LogP contribution is -2.57. The first kappa shape index (κ1) is 8.38. The highest BCUT2D eigenvalue weighted by Gasteiger charge is 2.47. The van der Waals surface area contributed by atoms with E-state index in [-0.39, 0.29) is 30.7 Å². The number of fused-ring (bicyclic) bond motifs is 2. The first-order chi connectivity index (χ1) is 5.58. The summed E-state index contributed by atoms with van der Waals surface area (Å²) in [6.07, 6.45) is -0.0602. The maximum atomic E-state index is 13.0. The number of halogens is 2.